The smallest absolute Gasteiger partial charge is 0.304 e. The first-order chi connectivity index (χ1) is 6.58. The minimum atomic E-state index is -0.875. The highest BCUT2D eigenvalue weighted by Gasteiger charge is 2.08. The summed E-state index contributed by atoms with van der Waals surface area (Å²) in [6.45, 7) is 0. The molecule has 0 heterocycles. The lowest BCUT2D eigenvalue weighted by Crippen LogP contribution is -2.26. The molecule has 0 fully saturated rings. The monoisotopic (exact) mass is 213 g/mol. The van der Waals surface area contributed by atoms with Crippen LogP contribution in [0.2, 0.25) is 5.02 Å². The molecule has 0 spiro atoms. The van der Waals surface area contributed by atoms with Gasteiger partial charge in [-0.3, -0.25) is 4.79 Å². The second-order valence-corrected chi connectivity index (χ2v) is 3.63. The highest BCUT2D eigenvalue weighted by Crippen LogP contribution is 2.12. The van der Waals surface area contributed by atoms with Crippen LogP contribution in [0.3, 0.4) is 0 Å². The van der Waals surface area contributed by atoms with E-state index < -0.39 is 5.97 Å². The molecule has 1 aromatic rings. The highest BCUT2D eigenvalue weighted by molar-refractivity contribution is 6.30. The van der Waals surface area contributed by atoms with Gasteiger partial charge in [0, 0.05) is 11.1 Å². The summed E-state index contributed by atoms with van der Waals surface area (Å²) in [6.07, 6.45) is 0.513. The zero-order chi connectivity index (χ0) is 10.6. The van der Waals surface area contributed by atoms with Crippen molar-refractivity contribution >= 4 is 17.6 Å². The van der Waals surface area contributed by atoms with Crippen LogP contribution in [-0.2, 0) is 11.2 Å². The Bertz CT molecular complexity index is 328. The minimum absolute atomic E-state index is 0.0213. The molecule has 3 N–H and O–H groups in total. The summed E-state index contributed by atoms with van der Waals surface area (Å²) in [5.74, 6) is -0.875. The van der Waals surface area contributed by atoms with Crippen molar-refractivity contribution < 1.29 is 9.90 Å². The molecule has 0 aliphatic rings. The zero-order valence-electron chi connectivity index (χ0n) is 7.61. The number of aliphatic carboxylic acids is 1. The van der Waals surface area contributed by atoms with Crippen LogP contribution in [0, 0.1) is 0 Å². The second kappa shape index (κ2) is 4.98. The number of hydrogen-bond donors (Lipinski definition) is 2. The van der Waals surface area contributed by atoms with E-state index in [9.17, 15) is 4.79 Å². The summed E-state index contributed by atoms with van der Waals surface area (Å²) in [5, 5.41) is 9.15. The van der Waals surface area contributed by atoms with Gasteiger partial charge < -0.3 is 10.8 Å². The van der Waals surface area contributed by atoms with Crippen molar-refractivity contribution in [2.24, 2.45) is 5.73 Å². The molecule has 0 bridgehead atoms. The third-order valence-electron chi connectivity index (χ3n) is 1.82. The van der Waals surface area contributed by atoms with Crippen LogP contribution in [0.25, 0.3) is 0 Å². The summed E-state index contributed by atoms with van der Waals surface area (Å²) in [4.78, 5) is 10.4. The molecule has 4 heteroatoms. The van der Waals surface area contributed by atoms with Crippen molar-refractivity contribution in [2.75, 3.05) is 0 Å². The van der Waals surface area contributed by atoms with Gasteiger partial charge in [-0.15, -0.1) is 0 Å². The molecule has 0 aromatic heterocycles. The van der Waals surface area contributed by atoms with Crippen LogP contribution in [0.15, 0.2) is 24.3 Å². The Balaban J connectivity index is 2.55. The molecule has 76 valence electrons. The van der Waals surface area contributed by atoms with Crippen LogP contribution in [0.4, 0.5) is 0 Å². The van der Waals surface area contributed by atoms with Crippen molar-refractivity contribution in [3.63, 3.8) is 0 Å². The van der Waals surface area contributed by atoms with Crippen molar-refractivity contribution in [1.29, 1.82) is 0 Å². The Morgan fingerprint density at radius 2 is 2.29 bits per heavy atom. The number of nitrogens with two attached hydrogens (primary N) is 1. The lowest BCUT2D eigenvalue weighted by molar-refractivity contribution is -0.137. The summed E-state index contributed by atoms with van der Waals surface area (Å²) >= 11 is 5.78. The molecule has 1 atom stereocenters. The number of carbonyl (C=O) groups is 1. The van der Waals surface area contributed by atoms with Crippen LogP contribution >= 0.6 is 11.6 Å². The minimum Gasteiger partial charge on any atom is -0.481 e. The molecule has 1 aromatic carbocycles. The van der Waals surface area contributed by atoms with E-state index in [1.165, 1.54) is 0 Å². The first kappa shape index (κ1) is 11.0. The predicted molar refractivity (Wildman–Crippen MR) is 55.4 cm³/mol. The van der Waals surface area contributed by atoms with E-state index >= 15 is 0 Å². The highest BCUT2D eigenvalue weighted by atomic mass is 35.5. The molecule has 1 unspecified atom stereocenters. The van der Waals surface area contributed by atoms with Gasteiger partial charge in [0.25, 0.3) is 0 Å². The van der Waals surface area contributed by atoms with Gasteiger partial charge in [-0.2, -0.15) is 0 Å². The van der Waals surface area contributed by atoms with Gasteiger partial charge >= 0.3 is 5.97 Å². The fraction of sp³-hybridized carbons (Fsp3) is 0.300. The Hall–Kier alpha value is -1.06. The summed E-state index contributed by atoms with van der Waals surface area (Å²) in [7, 11) is 0. The average molecular weight is 214 g/mol. The maximum absolute atomic E-state index is 10.4. The van der Waals surface area contributed by atoms with E-state index in [2.05, 4.69) is 0 Å². The van der Waals surface area contributed by atoms with Gasteiger partial charge in [0.05, 0.1) is 6.42 Å². The molecular weight excluding hydrogens is 202 g/mol. The van der Waals surface area contributed by atoms with Gasteiger partial charge in [0.2, 0.25) is 0 Å². The first-order valence-electron chi connectivity index (χ1n) is 4.30. The van der Waals surface area contributed by atoms with Crippen LogP contribution in [0.1, 0.15) is 12.0 Å². The maximum atomic E-state index is 10.4. The molecule has 0 aliphatic carbocycles. The number of carboxylic acid groups (broad SMARTS) is 1. The van der Waals surface area contributed by atoms with E-state index in [-0.39, 0.29) is 12.5 Å². The largest absolute Gasteiger partial charge is 0.481 e. The SMILES string of the molecule is NC(CC(=O)O)Cc1cccc(Cl)c1. The van der Waals surface area contributed by atoms with Crippen molar-refractivity contribution in [2.45, 2.75) is 18.9 Å². The lowest BCUT2D eigenvalue weighted by atomic mass is 10.0. The second-order valence-electron chi connectivity index (χ2n) is 3.19. The standard InChI is InChI=1S/C10H12ClNO2/c11-8-3-1-2-7(4-8)5-9(12)6-10(13)14/h1-4,9H,5-6,12H2,(H,13,14). The third kappa shape index (κ3) is 3.77. The van der Waals surface area contributed by atoms with Crippen molar-refractivity contribution in [3.05, 3.63) is 34.9 Å². The summed E-state index contributed by atoms with van der Waals surface area (Å²) in [6, 6.07) is 6.92. The van der Waals surface area contributed by atoms with Gasteiger partial charge in [-0.25, -0.2) is 0 Å². The van der Waals surface area contributed by atoms with E-state index in [4.69, 9.17) is 22.4 Å². The average Bonchev–Trinajstić information content (AvgIpc) is 2.01. The number of halogens is 1. The first-order valence-corrected chi connectivity index (χ1v) is 4.67. The van der Waals surface area contributed by atoms with Crippen LogP contribution in [-0.4, -0.2) is 17.1 Å². The molecule has 0 radical (unpaired) electrons. The maximum Gasteiger partial charge on any atom is 0.304 e. The van der Waals surface area contributed by atoms with Gasteiger partial charge in [0.1, 0.15) is 0 Å². The number of benzene rings is 1. The Labute approximate surface area is 87.5 Å². The molecule has 14 heavy (non-hydrogen) atoms. The van der Waals surface area contributed by atoms with E-state index in [0.717, 1.165) is 5.56 Å². The van der Waals surface area contributed by atoms with Gasteiger partial charge in [-0.1, -0.05) is 23.7 Å². The molecule has 3 nitrogen and oxygen atoms in total. The Morgan fingerprint density at radius 3 is 2.86 bits per heavy atom. The normalized spacial score (nSPS) is 12.4. The fourth-order valence-electron chi connectivity index (χ4n) is 1.26. The van der Waals surface area contributed by atoms with Crippen molar-refractivity contribution in [3.8, 4) is 0 Å². The van der Waals surface area contributed by atoms with Gasteiger partial charge in [-0.05, 0) is 24.1 Å². The zero-order valence-corrected chi connectivity index (χ0v) is 8.37. The lowest BCUT2D eigenvalue weighted by Gasteiger charge is -2.08. The number of carboxylic acids is 1. The molecule has 0 amide bonds. The predicted octanol–water partition coefficient (Wildman–Crippen LogP) is 1.68. The summed E-state index contributed by atoms with van der Waals surface area (Å²) in [5.41, 5.74) is 6.60. The van der Waals surface area contributed by atoms with Crippen LogP contribution in [0.5, 0.6) is 0 Å². The number of hydrogen-bond acceptors (Lipinski definition) is 2. The Kier molecular flexibility index (Phi) is 3.92. The topological polar surface area (TPSA) is 63.3 Å². The van der Waals surface area contributed by atoms with E-state index in [1.807, 2.05) is 12.1 Å². The van der Waals surface area contributed by atoms with Crippen LogP contribution < -0.4 is 5.73 Å². The molecule has 1 rings (SSSR count). The van der Waals surface area contributed by atoms with E-state index in [1.54, 1.807) is 12.1 Å². The third-order valence-corrected chi connectivity index (χ3v) is 2.06. The van der Waals surface area contributed by atoms with Gasteiger partial charge in [0.15, 0.2) is 0 Å². The summed E-state index contributed by atoms with van der Waals surface area (Å²) < 4.78 is 0. The van der Waals surface area contributed by atoms with E-state index in [0.29, 0.717) is 11.4 Å². The molecule has 0 aliphatic heterocycles. The quantitative estimate of drug-likeness (QED) is 0.800. The molecular formula is C10H12ClNO2. The Morgan fingerprint density at radius 1 is 1.57 bits per heavy atom. The van der Waals surface area contributed by atoms with Crippen molar-refractivity contribution in [1.82, 2.24) is 0 Å². The molecule has 0 saturated carbocycles. The number of rotatable bonds is 4. The fourth-order valence-corrected chi connectivity index (χ4v) is 1.48. The molecule has 0 saturated heterocycles.